The summed E-state index contributed by atoms with van der Waals surface area (Å²) in [7, 11) is -0.886. The predicted octanol–water partition coefficient (Wildman–Crippen LogP) is 3.28. The summed E-state index contributed by atoms with van der Waals surface area (Å²) < 4.78 is 44.7. The van der Waals surface area contributed by atoms with Crippen LogP contribution in [0.25, 0.3) is 0 Å². The highest BCUT2D eigenvalue weighted by Crippen LogP contribution is 2.38. The average molecular weight is 483 g/mol. The van der Waals surface area contributed by atoms with Crippen LogP contribution in [0.4, 0.5) is 5.69 Å². The van der Waals surface area contributed by atoms with Gasteiger partial charge in [-0.15, -0.1) is 0 Å². The normalized spacial score (nSPS) is 15.1. The van der Waals surface area contributed by atoms with Crippen LogP contribution in [0, 0.1) is 6.92 Å². The van der Waals surface area contributed by atoms with E-state index in [1.165, 1.54) is 23.5 Å². The molecule has 1 atom stereocenters. The highest BCUT2D eigenvalue weighted by Gasteiger charge is 2.37. The van der Waals surface area contributed by atoms with Crippen molar-refractivity contribution in [3.8, 4) is 17.2 Å². The molecule has 0 aliphatic carbocycles. The number of ether oxygens (including phenoxy) is 3. The van der Waals surface area contributed by atoms with Crippen molar-refractivity contribution >= 4 is 21.6 Å². The van der Waals surface area contributed by atoms with Crippen molar-refractivity contribution in [1.82, 2.24) is 5.32 Å². The summed E-state index contributed by atoms with van der Waals surface area (Å²) in [5, 5.41) is 2.83. The first-order valence-corrected chi connectivity index (χ1v) is 12.1. The lowest BCUT2D eigenvalue weighted by atomic mass is 10.1. The Labute approximate surface area is 199 Å². The van der Waals surface area contributed by atoms with E-state index >= 15 is 0 Å². The minimum Gasteiger partial charge on any atom is -0.497 e. The van der Waals surface area contributed by atoms with E-state index in [9.17, 15) is 13.2 Å². The molecule has 1 aliphatic heterocycles. The molecule has 1 aliphatic rings. The summed E-state index contributed by atoms with van der Waals surface area (Å²) >= 11 is 0. The van der Waals surface area contributed by atoms with Gasteiger partial charge in [-0.2, -0.15) is 0 Å². The number of amides is 1. The van der Waals surface area contributed by atoms with Gasteiger partial charge in [-0.3, -0.25) is 9.10 Å². The van der Waals surface area contributed by atoms with Crippen LogP contribution in [0.3, 0.4) is 0 Å². The Morgan fingerprint density at radius 3 is 2.50 bits per heavy atom. The SMILES string of the molecule is COc1ccc(S(=O)(=O)N2C[C@H](C(=O)NCc3ccccc3OC)Oc3cc(C)ccc32)cc1. The zero-order valence-corrected chi connectivity index (χ0v) is 20.0. The molecule has 0 radical (unpaired) electrons. The average Bonchev–Trinajstić information content (AvgIpc) is 2.86. The summed E-state index contributed by atoms with van der Waals surface area (Å²) in [4.78, 5) is 13.1. The van der Waals surface area contributed by atoms with Gasteiger partial charge in [0.25, 0.3) is 15.9 Å². The maximum Gasteiger partial charge on any atom is 0.264 e. The van der Waals surface area contributed by atoms with Crippen molar-refractivity contribution in [1.29, 1.82) is 0 Å². The first kappa shape index (κ1) is 23.4. The van der Waals surface area contributed by atoms with E-state index < -0.39 is 22.0 Å². The fourth-order valence-electron chi connectivity index (χ4n) is 3.75. The molecule has 1 N–H and O–H groups in total. The van der Waals surface area contributed by atoms with Crippen LogP contribution in [0.5, 0.6) is 17.2 Å². The number of methoxy groups -OCH3 is 2. The van der Waals surface area contributed by atoms with E-state index in [4.69, 9.17) is 14.2 Å². The maximum atomic E-state index is 13.5. The number of fused-ring (bicyclic) bond motifs is 1. The van der Waals surface area contributed by atoms with Crippen LogP contribution in [-0.2, 0) is 21.4 Å². The Morgan fingerprint density at radius 2 is 1.79 bits per heavy atom. The third kappa shape index (κ3) is 4.65. The number of carbonyl (C=O) groups excluding carboxylic acids is 1. The second-order valence-corrected chi connectivity index (χ2v) is 9.68. The predicted molar refractivity (Wildman–Crippen MR) is 128 cm³/mol. The van der Waals surface area contributed by atoms with E-state index in [1.807, 2.05) is 25.1 Å². The molecule has 9 heteroatoms. The van der Waals surface area contributed by atoms with Crippen molar-refractivity contribution in [3.05, 3.63) is 77.9 Å². The Morgan fingerprint density at radius 1 is 1.06 bits per heavy atom. The van der Waals surface area contributed by atoms with Crippen molar-refractivity contribution in [2.24, 2.45) is 0 Å². The van der Waals surface area contributed by atoms with Gasteiger partial charge in [-0.1, -0.05) is 24.3 Å². The largest absolute Gasteiger partial charge is 0.497 e. The van der Waals surface area contributed by atoms with E-state index in [0.717, 1.165) is 11.1 Å². The van der Waals surface area contributed by atoms with Crippen LogP contribution in [-0.4, -0.2) is 41.2 Å². The third-order valence-electron chi connectivity index (χ3n) is 5.57. The third-order valence-corrected chi connectivity index (χ3v) is 7.36. The van der Waals surface area contributed by atoms with Gasteiger partial charge in [-0.25, -0.2) is 8.42 Å². The van der Waals surface area contributed by atoms with Crippen molar-refractivity contribution in [3.63, 3.8) is 0 Å². The van der Waals surface area contributed by atoms with Gasteiger partial charge in [0.05, 0.1) is 31.3 Å². The van der Waals surface area contributed by atoms with Crippen LogP contribution in [0.2, 0.25) is 0 Å². The molecular weight excluding hydrogens is 456 g/mol. The lowest BCUT2D eigenvalue weighted by molar-refractivity contribution is -0.127. The number of rotatable bonds is 7. The number of benzene rings is 3. The van der Waals surface area contributed by atoms with E-state index in [0.29, 0.717) is 22.9 Å². The van der Waals surface area contributed by atoms with Gasteiger partial charge in [0.15, 0.2) is 6.10 Å². The molecule has 8 nitrogen and oxygen atoms in total. The fraction of sp³-hybridized carbons (Fsp3) is 0.240. The number of anilines is 1. The van der Waals surface area contributed by atoms with Crippen molar-refractivity contribution in [2.75, 3.05) is 25.1 Å². The monoisotopic (exact) mass is 482 g/mol. The number of para-hydroxylation sites is 1. The molecule has 4 rings (SSSR count). The van der Waals surface area contributed by atoms with Crippen LogP contribution < -0.4 is 23.8 Å². The maximum absolute atomic E-state index is 13.5. The molecule has 0 aromatic heterocycles. The Bertz CT molecular complexity index is 1290. The number of hydrogen-bond acceptors (Lipinski definition) is 6. The molecule has 1 amide bonds. The van der Waals surface area contributed by atoms with Crippen molar-refractivity contribution in [2.45, 2.75) is 24.5 Å². The highest BCUT2D eigenvalue weighted by atomic mass is 32.2. The quantitative estimate of drug-likeness (QED) is 0.556. The standard InChI is InChI=1S/C25H26N2O6S/c1-17-8-13-21-23(14-17)33-24(25(28)26-15-18-6-4-5-7-22(18)32-3)16-27(21)34(29,30)20-11-9-19(31-2)10-12-20/h4-14,24H,15-16H2,1-3H3,(H,26,28)/t24-/m1/s1. The fourth-order valence-corrected chi connectivity index (χ4v) is 5.22. The molecule has 34 heavy (non-hydrogen) atoms. The summed E-state index contributed by atoms with van der Waals surface area (Å²) in [6.45, 7) is 1.92. The first-order chi connectivity index (χ1) is 16.3. The molecule has 3 aromatic rings. The summed E-state index contributed by atoms with van der Waals surface area (Å²) in [6, 6.07) is 18.7. The van der Waals surface area contributed by atoms with E-state index in [2.05, 4.69) is 5.32 Å². The van der Waals surface area contributed by atoms with Crippen molar-refractivity contribution < 1.29 is 27.4 Å². The molecule has 0 fully saturated rings. The number of carbonyl (C=O) groups is 1. The van der Waals surface area contributed by atoms with Gasteiger partial charge in [0, 0.05) is 12.1 Å². The van der Waals surface area contributed by atoms with E-state index in [1.54, 1.807) is 43.5 Å². The molecule has 178 valence electrons. The molecule has 0 saturated heterocycles. The molecule has 0 saturated carbocycles. The highest BCUT2D eigenvalue weighted by molar-refractivity contribution is 7.92. The zero-order valence-electron chi connectivity index (χ0n) is 19.1. The number of nitrogens with zero attached hydrogens (tertiary/aromatic N) is 1. The van der Waals surface area contributed by atoms with Gasteiger partial charge in [-0.05, 0) is 55.0 Å². The number of aryl methyl sites for hydroxylation is 1. The topological polar surface area (TPSA) is 94.2 Å². The molecule has 0 unspecified atom stereocenters. The second kappa shape index (κ2) is 9.64. The van der Waals surface area contributed by atoms with E-state index in [-0.39, 0.29) is 18.0 Å². The van der Waals surface area contributed by atoms with Gasteiger partial charge in [0.1, 0.15) is 17.2 Å². The van der Waals surface area contributed by atoms with Crippen LogP contribution in [0.1, 0.15) is 11.1 Å². The minimum atomic E-state index is -3.96. The smallest absolute Gasteiger partial charge is 0.264 e. The van der Waals surface area contributed by atoms with Gasteiger partial charge >= 0.3 is 0 Å². The molecule has 3 aromatic carbocycles. The van der Waals surface area contributed by atoms with Crippen LogP contribution in [0.15, 0.2) is 71.6 Å². The molecule has 0 bridgehead atoms. The number of sulfonamides is 1. The summed E-state index contributed by atoms with van der Waals surface area (Å²) in [5.41, 5.74) is 2.07. The molecule has 1 heterocycles. The Balaban J connectivity index is 1.62. The van der Waals surface area contributed by atoms with Gasteiger partial charge < -0.3 is 19.5 Å². The Hall–Kier alpha value is -3.72. The number of nitrogens with one attached hydrogen (secondary N) is 1. The second-order valence-electron chi connectivity index (χ2n) is 7.82. The summed E-state index contributed by atoms with van der Waals surface area (Å²) in [5.74, 6) is 1.11. The minimum absolute atomic E-state index is 0.0925. The Kier molecular flexibility index (Phi) is 6.65. The lowest BCUT2D eigenvalue weighted by Gasteiger charge is -2.35. The summed E-state index contributed by atoms with van der Waals surface area (Å²) in [6.07, 6.45) is -1.03. The molecule has 0 spiro atoms. The van der Waals surface area contributed by atoms with Gasteiger partial charge in [0.2, 0.25) is 0 Å². The van der Waals surface area contributed by atoms with Crippen LogP contribution >= 0.6 is 0 Å². The molecular formula is C25H26N2O6S. The number of hydrogen-bond donors (Lipinski definition) is 1. The zero-order chi connectivity index (χ0) is 24.3. The first-order valence-electron chi connectivity index (χ1n) is 10.7. The lowest BCUT2D eigenvalue weighted by Crippen LogP contribution is -2.50.